The van der Waals surface area contributed by atoms with Crippen LogP contribution in [0.3, 0.4) is 0 Å². The van der Waals surface area contributed by atoms with Crippen LogP contribution < -0.4 is 10.5 Å². The Hall–Kier alpha value is -1.36. The van der Waals surface area contributed by atoms with E-state index in [1.165, 1.54) is 0 Å². The van der Waals surface area contributed by atoms with Crippen molar-refractivity contribution in [2.24, 2.45) is 0 Å². The predicted octanol–water partition coefficient (Wildman–Crippen LogP) is 0.863. The smallest absolute Gasteiger partial charge is 0.233 e. The Labute approximate surface area is 83.2 Å². The van der Waals surface area contributed by atoms with Crippen LogP contribution >= 0.6 is 0 Å². The molecule has 1 aromatic heterocycles. The highest BCUT2D eigenvalue weighted by molar-refractivity contribution is 5.27. The molecule has 78 valence electrons. The van der Waals surface area contributed by atoms with Crippen molar-refractivity contribution in [3.63, 3.8) is 0 Å². The van der Waals surface area contributed by atoms with Gasteiger partial charge >= 0.3 is 0 Å². The summed E-state index contributed by atoms with van der Waals surface area (Å²) in [5.41, 5.74) is 5.37. The molecule has 0 saturated carbocycles. The van der Waals surface area contributed by atoms with Crippen molar-refractivity contribution in [3.8, 4) is 5.88 Å². The maximum atomic E-state index is 5.37. The maximum absolute atomic E-state index is 5.37. The van der Waals surface area contributed by atoms with Crippen LogP contribution in [0.25, 0.3) is 0 Å². The predicted molar refractivity (Wildman–Crippen MR) is 53.0 cm³/mol. The van der Waals surface area contributed by atoms with Gasteiger partial charge in [0.15, 0.2) is 0 Å². The van der Waals surface area contributed by atoms with Gasteiger partial charge in [-0.1, -0.05) is 0 Å². The second kappa shape index (κ2) is 5.39. The molecule has 0 aliphatic carbocycles. The Morgan fingerprint density at radius 1 is 1.29 bits per heavy atom. The molecule has 1 aromatic rings. The molecule has 0 spiro atoms. The lowest BCUT2D eigenvalue weighted by molar-refractivity contribution is 0.0540. The van der Waals surface area contributed by atoms with Crippen molar-refractivity contribution in [1.29, 1.82) is 0 Å². The fourth-order valence-corrected chi connectivity index (χ4v) is 0.837. The zero-order valence-electron chi connectivity index (χ0n) is 8.43. The van der Waals surface area contributed by atoms with Crippen molar-refractivity contribution in [3.05, 3.63) is 12.1 Å². The molecule has 0 saturated heterocycles. The lowest BCUT2D eigenvalue weighted by Gasteiger charge is -2.07. The van der Waals surface area contributed by atoms with E-state index in [4.69, 9.17) is 15.2 Å². The van der Waals surface area contributed by atoms with E-state index < -0.39 is 0 Å². The van der Waals surface area contributed by atoms with Gasteiger partial charge in [-0.05, 0) is 19.9 Å². The molecular weight excluding hydrogens is 182 g/mol. The lowest BCUT2D eigenvalue weighted by atomic mass is 10.5. The molecule has 0 amide bonds. The van der Waals surface area contributed by atoms with Gasteiger partial charge < -0.3 is 15.2 Å². The minimum Gasteiger partial charge on any atom is -0.474 e. The third-order valence-corrected chi connectivity index (χ3v) is 1.45. The molecule has 0 unspecified atom stereocenters. The van der Waals surface area contributed by atoms with Crippen molar-refractivity contribution in [2.75, 3.05) is 18.9 Å². The number of hydrogen-bond acceptors (Lipinski definition) is 5. The summed E-state index contributed by atoms with van der Waals surface area (Å²) >= 11 is 0. The Balaban J connectivity index is 2.21. The molecule has 0 bridgehead atoms. The summed E-state index contributed by atoms with van der Waals surface area (Å²) in [7, 11) is 0. The van der Waals surface area contributed by atoms with E-state index in [0.29, 0.717) is 24.9 Å². The molecule has 0 aromatic carbocycles. The topological polar surface area (TPSA) is 70.3 Å². The zero-order valence-corrected chi connectivity index (χ0v) is 8.43. The fraction of sp³-hybridized carbons (Fsp3) is 0.556. The number of aromatic nitrogens is 2. The minimum absolute atomic E-state index is 0.219. The Morgan fingerprint density at radius 3 is 2.64 bits per heavy atom. The molecule has 0 fully saturated rings. The summed E-state index contributed by atoms with van der Waals surface area (Å²) in [6.07, 6.45) is 0.219. The summed E-state index contributed by atoms with van der Waals surface area (Å²) in [5.74, 6) is 0.849. The van der Waals surface area contributed by atoms with E-state index in [1.54, 1.807) is 12.1 Å². The summed E-state index contributed by atoms with van der Waals surface area (Å²) in [6.45, 7) is 4.96. The van der Waals surface area contributed by atoms with Crippen molar-refractivity contribution < 1.29 is 9.47 Å². The first-order chi connectivity index (χ1) is 6.68. The first-order valence-corrected chi connectivity index (χ1v) is 4.52. The van der Waals surface area contributed by atoms with Crippen LogP contribution in [-0.4, -0.2) is 29.5 Å². The number of rotatable bonds is 5. The van der Waals surface area contributed by atoms with E-state index in [2.05, 4.69) is 10.2 Å². The highest BCUT2D eigenvalue weighted by Gasteiger charge is 1.97. The second-order valence-electron chi connectivity index (χ2n) is 3.06. The second-order valence-corrected chi connectivity index (χ2v) is 3.06. The van der Waals surface area contributed by atoms with Gasteiger partial charge in [0.25, 0.3) is 0 Å². The van der Waals surface area contributed by atoms with Gasteiger partial charge in [0.2, 0.25) is 5.88 Å². The Bertz CT molecular complexity index is 261. The third-order valence-electron chi connectivity index (χ3n) is 1.45. The largest absolute Gasteiger partial charge is 0.474 e. The van der Waals surface area contributed by atoms with Crippen LogP contribution in [0.15, 0.2) is 12.1 Å². The van der Waals surface area contributed by atoms with Crippen molar-refractivity contribution in [1.82, 2.24) is 10.2 Å². The average Bonchev–Trinajstić information content (AvgIpc) is 2.15. The Kier molecular flexibility index (Phi) is 4.12. The SMILES string of the molecule is CC(C)OCCOc1ccc(N)nn1. The Morgan fingerprint density at radius 2 is 2.07 bits per heavy atom. The van der Waals surface area contributed by atoms with E-state index in [0.717, 1.165) is 0 Å². The number of anilines is 1. The molecule has 5 heteroatoms. The number of nitrogens with zero attached hydrogens (tertiary/aromatic N) is 2. The summed E-state index contributed by atoms with van der Waals surface area (Å²) in [6, 6.07) is 3.32. The number of nitrogens with two attached hydrogens (primary N) is 1. The monoisotopic (exact) mass is 197 g/mol. The minimum atomic E-state index is 0.219. The molecule has 1 heterocycles. The van der Waals surface area contributed by atoms with Gasteiger partial charge in [-0.15, -0.1) is 10.2 Å². The molecule has 1 rings (SSSR count). The first-order valence-electron chi connectivity index (χ1n) is 4.52. The van der Waals surface area contributed by atoms with E-state index in [-0.39, 0.29) is 6.10 Å². The van der Waals surface area contributed by atoms with Crippen molar-refractivity contribution >= 4 is 5.82 Å². The summed E-state index contributed by atoms with van der Waals surface area (Å²) in [5, 5.41) is 7.40. The van der Waals surface area contributed by atoms with Gasteiger partial charge in [-0.3, -0.25) is 0 Å². The van der Waals surface area contributed by atoms with E-state index in [9.17, 15) is 0 Å². The number of nitrogen functional groups attached to an aromatic ring is 1. The highest BCUT2D eigenvalue weighted by Crippen LogP contribution is 2.04. The van der Waals surface area contributed by atoms with E-state index in [1.807, 2.05) is 13.8 Å². The van der Waals surface area contributed by atoms with E-state index >= 15 is 0 Å². The number of hydrogen-bond donors (Lipinski definition) is 1. The maximum Gasteiger partial charge on any atom is 0.233 e. The van der Waals surface area contributed by atoms with Crippen LogP contribution in [0, 0.1) is 0 Å². The van der Waals surface area contributed by atoms with Gasteiger partial charge in [0.1, 0.15) is 12.4 Å². The molecule has 5 nitrogen and oxygen atoms in total. The van der Waals surface area contributed by atoms with Gasteiger partial charge in [0, 0.05) is 6.07 Å². The summed E-state index contributed by atoms with van der Waals surface area (Å²) in [4.78, 5) is 0. The molecule has 0 aliphatic heterocycles. The van der Waals surface area contributed by atoms with Crippen LogP contribution in [-0.2, 0) is 4.74 Å². The van der Waals surface area contributed by atoms with Crippen LogP contribution in [0.5, 0.6) is 5.88 Å². The van der Waals surface area contributed by atoms with Gasteiger partial charge in [0.05, 0.1) is 12.7 Å². The van der Waals surface area contributed by atoms with Crippen LogP contribution in [0.4, 0.5) is 5.82 Å². The lowest BCUT2D eigenvalue weighted by Crippen LogP contribution is -2.12. The molecular formula is C9H15N3O2. The molecule has 14 heavy (non-hydrogen) atoms. The zero-order chi connectivity index (χ0) is 10.4. The molecule has 0 atom stereocenters. The molecule has 2 N–H and O–H groups in total. The normalized spacial score (nSPS) is 10.5. The standard InChI is InChI=1S/C9H15N3O2/c1-7(2)13-5-6-14-9-4-3-8(10)11-12-9/h3-4,7H,5-6H2,1-2H3,(H2,10,11). The van der Waals surface area contributed by atoms with Gasteiger partial charge in [-0.25, -0.2) is 0 Å². The third kappa shape index (κ3) is 4.04. The van der Waals surface area contributed by atoms with Gasteiger partial charge in [-0.2, -0.15) is 0 Å². The van der Waals surface area contributed by atoms with Crippen LogP contribution in [0.1, 0.15) is 13.8 Å². The number of ether oxygens (including phenoxy) is 2. The fourth-order valence-electron chi connectivity index (χ4n) is 0.837. The molecule has 0 radical (unpaired) electrons. The highest BCUT2D eigenvalue weighted by atomic mass is 16.5. The average molecular weight is 197 g/mol. The quantitative estimate of drug-likeness (QED) is 0.709. The van der Waals surface area contributed by atoms with Crippen LogP contribution in [0.2, 0.25) is 0 Å². The molecule has 0 aliphatic rings. The first kappa shape index (κ1) is 10.7. The van der Waals surface area contributed by atoms with Crippen molar-refractivity contribution in [2.45, 2.75) is 20.0 Å². The summed E-state index contributed by atoms with van der Waals surface area (Å²) < 4.78 is 10.5.